The van der Waals surface area contributed by atoms with Crippen LogP contribution in [0.3, 0.4) is 0 Å². The molecule has 0 amide bonds. The quantitative estimate of drug-likeness (QED) is 0.718. The molecule has 106 valence electrons. The molecule has 2 rings (SSSR count). The number of aryl methyl sites for hydroxylation is 1. The van der Waals surface area contributed by atoms with E-state index in [1.54, 1.807) is 6.92 Å². The van der Waals surface area contributed by atoms with E-state index in [-0.39, 0.29) is 12.4 Å². The van der Waals surface area contributed by atoms with E-state index in [4.69, 9.17) is 4.74 Å². The summed E-state index contributed by atoms with van der Waals surface area (Å²) >= 11 is 3.13. The minimum Gasteiger partial charge on any atom is -0.483 e. The molecule has 20 heavy (non-hydrogen) atoms. The zero-order chi connectivity index (χ0) is 14.7. The van der Waals surface area contributed by atoms with Crippen LogP contribution in [0.5, 0.6) is 5.75 Å². The maximum Gasteiger partial charge on any atom is 0.191 e. The van der Waals surface area contributed by atoms with Crippen molar-refractivity contribution < 1.29 is 17.9 Å². The van der Waals surface area contributed by atoms with Gasteiger partial charge in [-0.1, -0.05) is 22.0 Å². The molecule has 0 aromatic heterocycles. The highest BCUT2D eigenvalue weighted by atomic mass is 79.9. The largest absolute Gasteiger partial charge is 0.483 e. The molecule has 0 saturated carbocycles. The Bertz CT molecular complexity index is 606. The summed E-state index contributed by atoms with van der Waals surface area (Å²) in [4.78, 5) is 0. The third kappa shape index (κ3) is 3.33. The van der Waals surface area contributed by atoms with E-state index in [1.807, 2.05) is 0 Å². The van der Waals surface area contributed by atoms with Crippen LogP contribution in [0.25, 0.3) is 0 Å². The first kappa shape index (κ1) is 14.9. The molecule has 0 aliphatic heterocycles. The molecule has 2 aromatic rings. The zero-order valence-corrected chi connectivity index (χ0v) is 12.3. The van der Waals surface area contributed by atoms with E-state index in [0.717, 1.165) is 0 Å². The summed E-state index contributed by atoms with van der Waals surface area (Å²) in [5.41, 5.74) is 1.84. The molecule has 0 N–H and O–H groups in total. The van der Waals surface area contributed by atoms with Crippen LogP contribution >= 0.6 is 15.9 Å². The number of halogens is 4. The zero-order valence-electron chi connectivity index (χ0n) is 10.7. The standard InChI is InChI=1S/C15H12BrF3O/c1-9-4-12(17)3-2-11(9)8-20-15-13(18)5-10(7-16)6-14(15)19/h2-6H,7-8H2,1H3. The molecule has 0 atom stereocenters. The van der Waals surface area contributed by atoms with Crippen LogP contribution in [0.15, 0.2) is 30.3 Å². The second-order valence-electron chi connectivity index (χ2n) is 4.38. The number of alkyl halides is 1. The van der Waals surface area contributed by atoms with Crippen molar-refractivity contribution in [3.05, 3.63) is 64.5 Å². The predicted octanol–water partition coefficient (Wildman–Crippen LogP) is 4.89. The maximum absolute atomic E-state index is 13.7. The molecular weight excluding hydrogens is 333 g/mol. The van der Waals surface area contributed by atoms with Gasteiger partial charge in [0.2, 0.25) is 0 Å². The molecule has 0 heterocycles. The molecule has 0 fully saturated rings. The molecule has 0 aliphatic rings. The van der Waals surface area contributed by atoms with Crippen molar-refractivity contribution in [2.75, 3.05) is 0 Å². The molecule has 0 radical (unpaired) electrons. The van der Waals surface area contributed by atoms with E-state index >= 15 is 0 Å². The highest BCUT2D eigenvalue weighted by molar-refractivity contribution is 9.08. The van der Waals surface area contributed by atoms with Crippen molar-refractivity contribution in [1.82, 2.24) is 0 Å². The Kier molecular flexibility index (Phi) is 4.70. The lowest BCUT2D eigenvalue weighted by Crippen LogP contribution is -2.02. The normalized spacial score (nSPS) is 10.7. The molecule has 1 nitrogen and oxygen atoms in total. The van der Waals surface area contributed by atoms with Gasteiger partial charge in [0.15, 0.2) is 17.4 Å². The van der Waals surface area contributed by atoms with Gasteiger partial charge < -0.3 is 4.74 Å². The van der Waals surface area contributed by atoms with Crippen molar-refractivity contribution in [1.29, 1.82) is 0 Å². The van der Waals surface area contributed by atoms with Gasteiger partial charge in [-0.2, -0.15) is 0 Å². The van der Waals surface area contributed by atoms with E-state index in [0.29, 0.717) is 22.0 Å². The van der Waals surface area contributed by atoms with Crippen LogP contribution in [-0.2, 0) is 11.9 Å². The first-order valence-electron chi connectivity index (χ1n) is 5.93. The third-order valence-corrected chi connectivity index (χ3v) is 3.54. The number of hydrogen-bond acceptors (Lipinski definition) is 1. The summed E-state index contributed by atoms with van der Waals surface area (Å²) in [6.07, 6.45) is 0. The van der Waals surface area contributed by atoms with Gasteiger partial charge in [0.1, 0.15) is 12.4 Å². The number of hydrogen-bond donors (Lipinski definition) is 0. The van der Waals surface area contributed by atoms with Crippen molar-refractivity contribution in [2.45, 2.75) is 18.9 Å². The predicted molar refractivity (Wildman–Crippen MR) is 74.5 cm³/mol. The summed E-state index contributed by atoms with van der Waals surface area (Å²) in [5, 5.41) is 0.359. The molecule has 0 unspecified atom stereocenters. The van der Waals surface area contributed by atoms with Crippen LogP contribution in [0.4, 0.5) is 13.2 Å². The van der Waals surface area contributed by atoms with Crippen LogP contribution in [0.2, 0.25) is 0 Å². The molecule has 0 spiro atoms. The summed E-state index contributed by atoms with van der Waals surface area (Å²) in [6, 6.07) is 6.59. The lowest BCUT2D eigenvalue weighted by molar-refractivity contribution is 0.273. The molecular formula is C15H12BrF3O. The van der Waals surface area contributed by atoms with Gasteiger partial charge in [0, 0.05) is 5.33 Å². The Balaban J connectivity index is 2.19. The first-order valence-corrected chi connectivity index (χ1v) is 7.05. The fourth-order valence-corrected chi connectivity index (χ4v) is 2.12. The Morgan fingerprint density at radius 1 is 1.05 bits per heavy atom. The van der Waals surface area contributed by atoms with Gasteiger partial charge >= 0.3 is 0 Å². The smallest absolute Gasteiger partial charge is 0.191 e. The minimum absolute atomic E-state index is 0.0202. The topological polar surface area (TPSA) is 9.23 Å². The number of benzene rings is 2. The average Bonchev–Trinajstić information content (AvgIpc) is 2.39. The van der Waals surface area contributed by atoms with E-state index in [1.165, 1.54) is 30.3 Å². The fourth-order valence-electron chi connectivity index (χ4n) is 1.80. The summed E-state index contributed by atoms with van der Waals surface area (Å²) in [6.45, 7) is 1.69. The second-order valence-corrected chi connectivity index (χ2v) is 4.94. The van der Waals surface area contributed by atoms with Crippen LogP contribution in [-0.4, -0.2) is 0 Å². The maximum atomic E-state index is 13.7. The molecule has 0 aliphatic carbocycles. The van der Waals surface area contributed by atoms with Crippen molar-refractivity contribution in [3.8, 4) is 5.75 Å². The Morgan fingerprint density at radius 2 is 1.70 bits per heavy atom. The van der Waals surface area contributed by atoms with E-state index < -0.39 is 17.4 Å². The molecule has 0 bridgehead atoms. The van der Waals surface area contributed by atoms with Crippen molar-refractivity contribution >= 4 is 15.9 Å². The molecule has 5 heteroatoms. The van der Waals surface area contributed by atoms with Crippen LogP contribution in [0, 0.1) is 24.4 Å². The average molecular weight is 345 g/mol. The highest BCUT2D eigenvalue weighted by Gasteiger charge is 2.13. The fraction of sp³-hybridized carbons (Fsp3) is 0.200. The van der Waals surface area contributed by atoms with Gasteiger partial charge in [-0.3, -0.25) is 0 Å². The minimum atomic E-state index is -0.751. The Labute approximate surface area is 123 Å². The van der Waals surface area contributed by atoms with Gasteiger partial charge in [-0.25, -0.2) is 13.2 Å². The summed E-state index contributed by atoms with van der Waals surface area (Å²) in [5.74, 6) is -2.28. The number of rotatable bonds is 4. The van der Waals surface area contributed by atoms with Gasteiger partial charge in [0.05, 0.1) is 0 Å². The second kappa shape index (κ2) is 6.31. The molecule has 2 aromatic carbocycles. The van der Waals surface area contributed by atoms with Crippen LogP contribution < -0.4 is 4.74 Å². The van der Waals surface area contributed by atoms with Crippen LogP contribution in [0.1, 0.15) is 16.7 Å². The summed E-state index contributed by atoms with van der Waals surface area (Å²) in [7, 11) is 0. The van der Waals surface area contributed by atoms with E-state index in [9.17, 15) is 13.2 Å². The Morgan fingerprint density at radius 3 is 2.25 bits per heavy atom. The summed E-state index contributed by atoms with van der Waals surface area (Å²) < 4.78 is 45.6. The highest BCUT2D eigenvalue weighted by Crippen LogP contribution is 2.25. The van der Waals surface area contributed by atoms with Gasteiger partial charge in [-0.15, -0.1) is 0 Å². The third-order valence-electron chi connectivity index (χ3n) is 2.89. The Hall–Kier alpha value is -1.49. The number of ether oxygens (including phenoxy) is 1. The molecule has 0 saturated heterocycles. The lowest BCUT2D eigenvalue weighted by atomic mass is 10.1. The first-order chi connectivity index (χ1) is 9.51. The van der Waals surface area contributed by atoms with Gasteiger partial charge in [0.25, 0.3) is 0 Å². The monoisotopic (exact) mass is 344 g/mol. The van der Waals surface area contributed by atoms with Crippen molar-refractivity contribution in [2.24, 2.45) is 0 Å². The van der Waals surface area contributed by atoms with Gasteiger partial charge in [-0.05, 0) is 47.9 Å². The SMILES string of the molecule is Cc1cc(F)ccc1COc1c(F)cc(CBr)cc1F. The lowest BCUT2D eigenvalue weighted by Gasteiger charge is -2.11. The van der Waals surface area contributed by atoms with E-state index in [2.05, 4.69) is 15.9 Å². The van der Waals surface area contributed by atoms with Crippen molar-refractivity contribution in [3.63, 3.8) is 0 Å².